The summed E-state index contributed by atoms with van der Waals surface area (Å²) in [5.41, 5.74) is 1.46. The van der Waals surface area contributed by atoms with Gasteiger partial charge in [0.15, 0.2) is 0 Å². The molecule has 3 amide bonds. The Kier molecular flexibility index (Phi) is 4.06. The standard InChI is InChI=1S/C15H19N3O3/c19-14-6-3-7-18(14)13-5-2-1-4-12(13)16-15(20)17-8-10-21-11-9-17/h1-2,4-5H,3,6-11H2,(H,16,20). The molecule has 0 spiro atoms. The molecule has 1 aromatic carbocycles. The van der Waals surface area contributed by atoms with Crippen LogP contribution in [0.15, 0.2) is 24.3 Å². The van der Waals surface area contributed by atoms with Gasteiger partial charge in [0.25, 0.3) is 0 Å². The van der Waals surface area contributed by atoms with Gasteiger partial charge in [0.2, 0.25) is 5.91 Å². The summed E-state index contributed by atoms with van der Waals surface area (Å²) >= 11 is 0. The fraction of sp³-hybridized carbons (Fsp3) is 0.467. The highest BCUT2D eigenvalue weighted by molar-refractivity contribution is 6.01. The second-order valence-electron chi connectivity index (χ2n) is 5.20. The molecule has 0 saturated carbocycles. The van der Waals surface area contributed by atoms with Crippen LogP contribution in [0, 0.1) is 0 Å². The number of rotatable bonds is 2. The Bertz CT molecular complexity index is 541. The van der Waals surface area contributed by atoms with Crippen molar-refractivity contribution in [2.75, 3.05) is 43.1 Å². The van der Waals surface area contributed by atoms with E-state index in [0.29, 0.717) is 45.0 Å². The summed E-state index contributed by atoms with van der Waals surface area (Å²) in [4.78, 5) is 27.6. The van der Waals surface area contributed by atoms with E-state index in [-0.39, 0.29) is 11.9 Å². The number of morpholine rings is 1. The molecule has 1 aromatic rings. The van der Waals surface area contributed by atoms with Gasteiger partial charge in [-0.15, -0.1) is 0 Å². The van der Waals surface area contributed by atoms with Gasteiger partial charge in [-0.25, -0.2) is 4.79 Å². The number of amides is 3. The zero-order valence-corrected chi connectivity index (χ0v) is 11.9. The van der Waals surface area contributed by atoms with E-state index in [4.69, 9.17) is 4.74 Å². The van der Waals surface area contributed by atoms with Gasteiger partial charge in [0, 0.05) is 26.1 Å². The number of anilines is 2. The minimum absolute atomic E-state index is 0.114. The number of carbonyl (C=O) groups excluding carboxylic acids is 2. The first kappa shape index (κ1) is 13.9. The molecule has 0 atom stereocenters. The average molecular weight is 289 g/mol. The Morgan fingerprint density at radius 3 is 2.62 bits per heavy atom. The first-order valence-corrected chi connectivity index (χ1v) is 7.29. The van der Waals surface area contributed by atoms with Crippen LogP contribution < -0.4 is 10.2 Å². The first-order valence-electron chi connectivity index (χ1n) is 7.29. The lowest BCUT2D eigenvalue weighted by Crippen LogP contribution is -2.43. The predicted molar refractivity (Wildman–Crippen MR) is 79.4 cm³/mol. The van der Waals surface area contributed by atoms with Crippen LogP contribution in [0.4, 0.5) is 16.2 Å². The normalized spacial score (nSPS) is 19.0. The van der Waals surface area contributed by atoms with Gasteiger partial charge in [-0.05, 0) is 18.6 Å². The molecule has 6 heteroatoms. The highest BCUT2D eigenvalue weighted by Crippen LogP contribution is 2.29. The van der Waals surface area contributed by atoms with E-state index in [1.165, 1.54) is 0 Å². The lowest BCUT2D eigenvalue weighted by molar-refractivity contribution is -0.117. The minimum Gasteiger partial charge on any atom is -0.378 e. The summed E-state index contributed by atoms with van der Waals surface area (Å²) in [5, 5.41) is 2.92. The van der Waals surface area contributed by atoms with Gasteiger partial charge in [0.1, 0.15) is 0 Å². The van der Waals surface area contributed by atoms with E-state index >= 15 is 0 Å². The zero-order valence-electron chi connectivity index (χ0n) is 11.9. The summed E-state index contributed by atoms with van der Waals surface area (Å²) in [6.45, 7) is 3.04. The number of carbonyl (C=O) groups is 2. The van der Waals surface area contributed by atoms with Crippen molar-refractivity contribution in [1.82, 2.24) is 4.90 Å². The molecule has 112 valence electrons. The van der Waals surface area contributed by atoms with Crippen LogP contribution in [0.1, 0.15) is 12.8 Å². The average Bonchev–Trinajstić information content (AvgIpc) is 2.95. The third-order valence-electron chi connectivity index (χ3n) is 3.81. The van der Waals surface area contributed by atoms with Crippen molar-refractivity contribution in [3.8, 4) is 0 Å². The number of nitrogens with zero attached hydrogens (tertiary/aromatic N) is 2. The second kappa shape index (κ2) is 6.13. The molecule has 2 aliphatic rings. The van der Waals surface area contributed by atoms with E-state index in [0.717, 1.165) is 12.1 Å². The van der Waals surface area contributed by atoms with Gasteiger partial charge in [-0.1, -0.05) is 12.1 Å². The van der Waals surface area contributed by atoms with Crippen molar-refractivity contribution in [1.29, 1.82) is 0 Å². The van der Waals surface area contributed by atoms with E-state index in [1.54, 1.807) is 9.80 Å². The van der Waals surface area contributed by atoms with Gasteiger partial charge >= 0.3 is 6.03 Å². The van der Waals surface area contributed by atoms with Crippen molar-refractivity contribution in [2.45, 2.75) is 12.8 Å². The molecular formula is C15H19N3O3. The zero-order chi connectivity index (χ0) is 14.7. The van der Waals surface area contributed by atoms with Gasteiger partial charge < -0.3 is 19.9 Å². The molecule has 2 heterocycles. The molecular weight excluding hydrogens is 270 g/mol. The Hall–Kier alpha value is -2.08. The fourth-order valence-corrected chi connectivity index (χ4v) is 2.68. The summed E-state index contributed by atoms with van der Waals surface area (Å²) < 4.78 is 5.24. The third kappa shape index (κ3) is 3.00. The van der Waals surface area contributed by atoms with Crippen LogP contribution >= 0.6 is 0 Å². The van der Waals surface area contributed by atoms with E-state index in [1.807, 2.05) is 24.3 Å². The highest BCUT2D eigenvalue weighted by Gasteiger charge is 2.25. The number of urea groups is 1. The molecule has 0 aliphatic carbocycles. The van der Waals surface area contributed by atoms with E-state index < -0.39 is 0 Å². The lowest BCUT2D eigenvalue weighted by Gasteiger charge is -2.28. The molecule has 0 radical (unpaired) electrons. The SMILES string of the molecule is O=C(Nc1ccccc1N1CCCC1=O)N1CCOCC1. The summed E-state index contributed by atoms with van der Waals surface area (Å²) in [6.07, 6.45) is 1.44. The Morgan fingerprint density at radius 2 is 1.90 bits per heavy atom. The molecule has 6 nitrogen and oxygen atoms in total. The number of nitrogens with one attached hydrogen (secondary N) is 1. The van der Waals surface area contributed by atoms with E-state index in [2.05, 4.69) is 5.32 Å². The van der Waals surface area contributed by atoms with Crippen LogP contribution in [-0.4, -0.2) is 49.7 Å². The Morgan fingerprint density at radius 1 is 1.14 bits per heavy atom. The Labute approximate surface area is 123 Å². The molecule has 2 saturated heterocycles. The molecule has 0 aromatic heterocycles. The molecule has 2 fully saturated rings. The summed E-state index contributed by atoms with van der Waals surface area (Å²) in [6, 6.07) is 7.30. The topological polar surface area (TPSA) is 61.9 Å². The fourth-order valence-electron chi connectivity index (χ4n) is 2.68. The largest absolute Gasteiger partial charge is 0.378 e. The van der Waals surface area contributed by atoms with Crippen molar-refractivity contribution < 1.29 is 14.3 Å². The summed E-state index contributed by atoms with van der Waals surface area (Å²) in [7, 11) is 0. The van der Waals surface area contributed by atoms with Crippen LogP contribution in [0.3, 0.4) is 0 Å². The molecule has 3 rings (SSSR count). The van der Waals surface area contributed by atoms with Crippen LogP contribution in [0.25, 0.3) is 0 Å². The number of ether oxygens (including phenoxy) is 1. The van der Waals surface area contributed by atoms with Gasteiger partial charge in [-0.2, -0.15) is 0 Å². The van der Waals surface area contributed by atoms with E-state index in [9.17, 15) is 9.59 Å². The van der Waals surface area contributed by atoms with Crippen LogP contribution in [-0.2, 0) is 9.53 Å². The Balaban J connectivity index is 1.75. The monoisotopic (exact) mass is 289 g/mol. The maximum absolute atomic E-state index is 12.3. The number of benzene rings is 1. The maximum atomic E-state index is 12.3. The second-order valence-corrected chi connectivity index (χ2v) is 5.20. The smallest absolute Gasteiger partial charge is 0.322 e. The molecule has 2 aliphatic heterocycles. The quantitative estimate of drug-likeness (QED) is 0.901. The van der Waals surface area contributed by atoms with Crippen molar-refractivity contribution in [3.05, 3.63) is 24.3 Å². The van der Waals surface area contributed by atoms with Crippen LogP contribution in [0.2, 0.25) is 0 Å². The van der Waals surface area contributed by atoms with Crippen LogP contribution in [0.5, 0.6) is 0 Å². The summed E-state index contributed by atoms with van der Waals surface area (Å²) in [5.74, 6) is 0.114. The molecule has 0 unspecified atom stereocenters. The third-order valence-corrected chi connectivity index (χ3v) is 3.81. The molecule has 21 heavy (non-hydrogen) atoms. The minimum atomic E-state index is -0.141. The molecule has 0 bridgehead atoms. The number of hydrogen-bond donors (Lipinski definition) is 1. The molecule has 1 N–H and O–H groups in total. The highest BCUT2D eigenvalue weighted by atomic mass is 16.5. The number of para-hydroxylation sites is 2. The van der Waals surface area contributed by atoms with Gasteiger partial charge in [-0.3, -0.25) is 4.79 Å². The maximum Gasteiger partial charge on any atom is 0.322 e. The predicted octanol–water partition coefficient (Wildman–Crippen LogP) is 1.68. The van der Waals surface area contributed by atoms with Crippen molar-refractivity contribution >= 4 is 23.3 Å². The van der Waals surface area contributed by atoms with Crippen molar-refractivity contribution in [3.63, 3.8) is 0 Å². The first-order chi connectivity index (χ1) is 10.3. The van der Waals surface area contributed by atoms with Crippen molar-refractivity contribution in [2.24, 2.45) is 0 Å². The van der Waals surface area contributed by atoms with Gasteiger partial charge in [0.05, 0.1) is 24.6 Å². The number of hydrogen-bond acceptors (Lipinski definition) is 3. The lowest BCUT2D eigenvalue weighted by atomic mass is 10.2.